The highest BCUT2D eigenvalue weighted by Gasteiger charge is 2.15. The highest BCUT2D eigenvalue weighted by atomic mass is 16.3. The molecule has 0 amide bonds. The lowest BCUT2D eigenvalue weighted by Crippen LogP contribution is -2.14. The first kappa shape index (κ1) is 9.99. The van der Waals surface area contributed by atoms with E-state index in [0.717, 1.165) is 16.3 Å². The van der Waals surface area contributed by atoms with Crippen molar-refractivity contribution >= 4 is 10.8 Å². The van der Waals surface area contributed by atoms with Crippen molar-refractivity contribution in [1.29, 1.82) is 0 Å². The van der Waals surface area contributed by atoms with Crippen molar-refractivity contribution in [3.8, 4) is 5.75 Å². The Balaban J connectivity index is 2.64. The molecule has 0 aliphatic rings. The summed E-state index contributed by atoms with van der Waals surface area (Å²) in [7, 11) is 0. The molecular formula is C13H14O2. The van der Waals surface area contributed by atoms with E-state index < -0.39 is 5.60 Å². The Bertz CT molecular complexity index is 495. The second kappa shape index (κ2) is 3.24. The minimum absolute atomic E-state index is 0.246. The molecule has 0 bridgehead atoms. The Kier molecular flexibility index (Phi) is 2.16. The molecule has 78 valence electrons. The van der Waals surface area contributed by atoms with E-state index in [0.29, 0.717) is 0 Å². The first-order valence-corrected chi connectivity index (χ1v) is 4.92. The van der Waals surface area contributed by atoms with Crippen LogP contribution in [0, 0.1) is 0 Å². The van der Waals surface area contributed by atoms with Gasteiger partial charge in [0, 0.05) is 0 Å². The van der Waals surface area contributed by atoms with Gasteiger partial charge in [0.25, 0.3) is 0 Å². The number of aliphatic hydroxyl groups is 1. The molecule has 0 fully saturated rings. The minimum Gasteiger partial charge on any atom is -0.508 e. The van der Waals surface area contributed by atoms with Gasteiger partial charge >= 0.3 is 0 Å². The van der Waals surface area contributed by atoms with E-state index in [-0.39, 0.29) is 5.75 Å². The van der Waals surface area contributed by atoms with Crippen LogP contribution < -0.4 is 0 Å². The molecule has 0 aromatic heterocycles. The zero-order valence-corrected chi connectivity index (χ0v) is 8.86. The fraction of sp³-hybridized carbons (Fsp3) is 0.231. The van der Waals surface area contributed by atoms with Crippen LogP contribution in [0.2, 0.25) is 0 Å². The molecule has 2 aromatic rings. The Morgan fingerprint density at radius 1 is 0.933 bits per heavy atom. The van der Waals surface area contributed by atoms with Crippen LogP contribution in [-0.4, -0.2) is 10.2 Å². The van der Waals surface area contributed by atoms with Crippen LogP contribution in [0.4, 0.5) is 0 Å². The predicted octanol–water partition coefficient (Wildman–Crippen LogP) is 2.77. The molecular weight excluding hydrogens is 188 g/mol. The van der Waals surface area contributed by atoms with Gasteiger partial charge in [-0.05, 0) is 48.4 Å². The number of fused-ring (bicyclic) bond motifs is 1. The fourth-order valence-electron chi connectivity index (χ4n) is 1.61. The molecule has 2 N–H and O–H groups in total. The molecule has 0 saturated carbocycles. The summed E-state index contributed by atoms with van der Waals surface area (Å²) in [5.74, 6) is 0.246. The molecule has 0 aliphatic heterocycles. The lowest BCUT2D eigenvalue weighted by Gasteiger charge is -2.18. The van der Waals surface area contributed by atoms with Crippen LogP contribution >= 0.6 is 0 Å². The van der Waals surface area contributed by atoms with Gasteiger partial charge in [0.05, 0.1) is 5.60 Å². The third-order valence-corrected chi connectivity index (χ3v) is 2.53. The quantitative estimate of drug-likeness (QED) is 0.746. The lowest BCUT2D eigenvalue weighted by atomic mass is 9.95. The van der Waals surface area contributed by atoms with E-state index in [2.05, 4.69) is 0 Å². The molecule has 0 atom stereocenters. The van der Waals surface area contributed by atoms with Crippen molar-refractivity contribution in [2.45, 2.75) is 19.4 Å². The first-order valence-electron chi connectivity index (χ1n) is 4.92. The predicted molar refractivity (Wildman–Crippen MR) is 60.9 cm³/mol. The van der Waals surface area contributed by atoms with Gasteiger partial charge < -0.3 is 10.2 Å². The number of phenolic OH excluding ortho intramolecular Hbond substituents is 1. The van der Waals surface area contributed by atoms with Gasteiger partial charge in [-0.3, -0.25) is 0 Å². The van der Waals surface area contributed by atoms with E-state index in [1.54, 1.807) is 26.0 Å². The van der Waals surface area contributed by atoms with Crippen LogP contribution in [-0.2, 0) is 5.60 Å². The molecule has 0 radical (unpaired) electrons. The van der Waals surface area contributed by atoms with E-state index in [1.807, 2.05) is 24.3 Å². The van der Waals surface area contributed by atoms with E-state index >= 15 is 0 Å². The van der Waals surface area contributed by atoms with Gasteiger partial charge in [0.2, 0.25) is 0 Å². The zero-order valence-electron chi connectivity index (χ0n) is 8.86. The Labute approximate surface area is 88.8 Å². The molecule has 2 rings (SSSR count). The number of rotatable bonds is 1. The maximum Gasteiger partial charge on any atom is 0.116 e. The average Bonchev–Trinajstić information content (AvgIpc) is 2.15. The summed E-state index contributed by atoms with van der Waals surface area (Å²) in [5.41, 5.74) is 0.000209. The first-order chi connectivity index (χ1) is 6.97. The number of aromatic hydroxyl groups is 1. The Morgan fingerprint density at radius 2 is 1.60 bits per heavy atom. The molecule has 0 spiro atoms. The summed E-state index contributed by atoms with van der Waals surface area (Å²) in [6.45, 7) is 3.49. The maximum atomic E-state index is 9.86. The Morgan fingerprint density at radius 3 is 2.27 bits per heavy atom. The molecule has 2 heteroatoms. The van der Waals surface area contributed by atoms with Gasteiger partial charge in [-0.1, -0.05) is 18.2 Å². The summed E-state index contributed by atoms with van der Waals surface area (Å²) in [6.07, 6.45) is 0. The molecule has 0 unspecified atom stereocenters. The van der Waals surface area contributed by atoms with Crippen molar-refractivity contribution in [2.24, 2.45) is 0 Å². The summed E-state index contributed by atoms with van der Waals surface area (Å²) in [5, 5.41) is 21.2. The third-order valence-electron chi connectivity index (χ3n) is 2.53. The van der Waals surface area contributed by atoms with Gasteiger partial charge in [0.15, 0.2) is 0 Å². The van der Waals surface area contributed by atoms with Crippen molar-refractivity contribution < 1.29 is 10.2 Å². The molecule has 0 aliphatic carbocycles. The third kappa shape index (κ3) is 1.95. The zero-order chi connectivity index (χ0) is 11.1. The summed E-state index contributed by atoms with van der Waals surface area (Å²) >= 11 is 0. The number of hydrogen-bond acceptors (Lipinski definition) is 2. The van der Waals surface area contributed by atoms with Crippen molar-refractivity contribution in [2.75, 3.05) is 0 Å². The standard InChI is InChI=1S/C13H14O2/c1-13(2,15)11-5-3-9-4-6-12(14)8-10(9)7-11/h3-8,14-15H,1-2H3. The van der Waals surface area contributed by atoms with Crippen LogP contribution in [0.25, 0.3) is 10.8 Å². The summed E-state index contributed by atoms with van der Waals surface area (Å²) in [6, 6.07) is 11.0. The molecule has 2 nitrogen and oxygen atoms in total. The molecule has 0 saturated heterocycles. The smallest absolute Gasteiger partial charge is 0.116 e. The second-order valence-electron chi connectivity index (χ2n) is 4.31. The maximum absolute atomic E-state index is 9.86. The molecule has 15 heavy (non-hydrogen) atoms. The van der Waals surface area contributed by atoms with E-state index in [1.165, 1.54) is 0 Å². The fourth-order valence-corrected chi connectivity index (χ4v) is 1.61. The van der Waals surface area contributed by atoms with Crippen LogP contribution in [0.3, 0.4) is 0 Å². The SMILES string of the molecule is CC(C)(O)c1ccc2ccc(O)cc2c1. The monoisotopic (exact) mass is 202 g/mol. The lowest BCUT2D eigenvalue weighted by molar-refractivity contribution is 0.0787. The van der Waals surface area contributed by atoms with Crippen LogP contribution in [0.1, 0.15) is 19.4 Å². The van der Waals surface area contributed by atoms with Gasteiger partial charge in [-0.25, -0.2) is 0 Å². The van der Waals surface area contributed by atoms with E-state index in [9.17, 15) is 10.2 Å². The molecule has 0 heterocycles. The van der Waals surface area contributed by atoms with Crippen LogP contribution in [0.15, 0.2) is 36.4 Å². The summed E-state index contributed by atoms with van der Waals surface area (Å²) < 4.78 is 0. The largest absolute Gasteiger partial charge is 0.508 e. The number of phenols is 1. The summed E-state index contributed by atoms with van der Waals surface area (Å²) in [4.78, 5) is 0. The normalized spacial score (nSPS) is 11.9. The highest BCUT2D eigenvalue weighted by molar-refractivity contribution is 5.84. The van der Waals surface area contributed by atoms with Crippen molar-refractivity contribution in [1.82, 2.24) is 0 Å². The van der Waals surface area contributed by atoms with Gasteiger partial charge in [0.1, 0.15) is 5.75 Å². The average molecular weight is 202 g/mol. The van der Waals surface area contributed by atoms with Gasteiger partial charge in [-0.2, -0.15) is 0 Å². The van der Waals surface area contributed by atoms with Crippen molar-refractivity contribution in [3.63, 3.8) is 0 Å². The second-order valence-corrected chi connectivity index (χ2v) is 4.31. The number of benzene rings is 2. The molecule has 2 aromatic carbocycles. The topological polar surface area (TPSA) is 40.5 Å². The number of hydrogen-bond donors (Lipinski definition) is 2. The highest BCUT2D eigenvalue weighted by Crippen LogP contribution is 2.26. The van der Waals surface area contributed by atoms with Crippen LogP contribution in [0.5, 0.6) is 5.75 Å². The van der Waals surface area contributed by atoms with E-state index in [4.69, 9.17) is 0 Å². The van der Waals surface area contributed by atoms with Crippen molar-refractivity contribution in [3.05, 3.63) is 42.0 Å². The van der Waals surface area contributed by atoms with Gasteiger partial charge in [-0.15, -0.1) is 0 Å². The Hall–Kier alpha value is -1.54. The minimum atomic E-state index is -0.848.